The number of nitrogens with zero attached hydrogens (tertiary/aromatic N) is 1. The van der Waals surface area contributed by atoms with Crippen LogP contribution in [0.2, 0.25) is 0 Å². The van der Waals surface area contributed by atoms with Crippen LogP contribution in [0.1, 0.15) is 18.4 Å². The molecular formula is C12H16N2O3. The van der Waals surface area contributed by atoms with Crippen LogP contribution in [0.5, 0.6) is 0 Å². The number of aryl methyl sites for hydroxylation is 1. The molecule has 5 nitrogen and oxygen atoms in total. The molecule has 0 atom stereocenters. The zero-order valence-corrected chi connectivity index (χ0v) is 9.81. The fourth-order valence-corrected chi connectivity index (χ4v) is 2.03. The lowest BCUT2D eigenvalue weighted by atomic mass is 10.1. The lowest BCUT2D eigenvalue weighted by molar-refractivity contribution is -0.385. The van der Waals surface area contributed by atoms with E-state index in [-0.39, 0.29) is 10.6 Å². The summed E-state index contributed by atoms with van der Waals surface area (Å²) < 4.78 is 5.28. The van der Waals surface area contributed by atoms with Gasteiger partial charge < -0.3 is 10.1 Å². The quantitative estimate of drug-likeness (QED) is 0.647. The molecule has 1 saturated heterocycles. The number of benzene rings is 1. The van der Waals surface area contributed by atoms with Crippen molar-refractivity contribution in [2.45, 2.75) is 25.8 Å². The van der Waals surface area contributed by atoms with Crippen molar-refractivity contribution in [1.29, 1.82) is 0 Å². The molecule has 0 aliphatic carbocycles. The third kappa shape index (κ3) is 2.94. The molecule has 1 aliphatic rings. The Hall–Kier alpha value is -1.62. The Bertz CT molecular complexity index is 414. The van der Waals surface area contributed by atoms with E-state index in [2.05, 4.69) is 5.32 Å². The van der Waals surface area contributed by atoms with Crippen molar-refractivity contribution in [2.75, 3.05) is 18.5 Å². The van der Waals surface area contributed by atoms with Crippen molar-refractivity contribution in [3.05, 3.63) is 33.9 Å². The zero-order chi connectivity index (χ0) is 12.3. The number of hydrogen-bond acceptors (Lipinski definition) is 4. The smallest absolute Gasteiger partial charge is 0.272 e. The van der Waals surface area contributed by atoms with E-state index < -0.39 is 0 Å². The Labute approximate surface area is 99.9 Å². The molecule has 17 heavy (non-hydrogen) atoms. The lowest BCUT2D eigenvalue weighted by Crippen LogP contribution is -2.27. The highest BCUT2D eigenvalue weighted by Gasteiger charge is 2.15. The zero-order valence-electron chi connectivity index (χ0n) is 9.81. The summed E-state index contributed by atoms with van der Waals surface area (Å²) in [4.78, 5) is 10.3. The number of nitrogens with one attached hydrogen (secondary N) is 1. The van der Waals surface area contributed by atoms with Gasteiger partial charge in [-0.15, -0.1) is 0 Å². The van der Waals surface area contributed by atoms with Gasteiger partial charge in [0.05, 0.1) is 4.92 Å². The van der Waals surface area contributed by atoms with Gasteiger partial charge in [0.2, 0.25) is 0 Å². The molecule has 1 heterocycles. The monoisotopic (exact) mass is 236 g/mol. The molecule has 92 valence electrons. The van der Waals surface area contributed by atoms with Crippen LogP contribution in [0, 0.1) is 17.0 Å². The first-order chi connectivity index (χ1) is 8.16. The van der Waals surface area contributed by atoms with Crippen LogP contribution in [0.3, 0.4) is 0 Å². The predicted molar refractivity (Wildman–Crippen MR) is 65.3 cm³/mol. The molecule has 1 fully saturated rings. The van der Waals surface area contributed by atoms with Gasteiger partial charge in [-0.05, 0) is 31.9 Å². The Kier molecular flexibility index (Phi) is 3.58. The van der Waals surface area contributed by atoms with E-state index in [1.807, 2.05) is 6.07 Å². The Morgan fingerprint density at radius 2 is 2.12 bits per heavy atom. The molecule has 0 aromatic heterocycles. The molecule has 0 spiro atoms. The molecule has 0 saturated carbocycles. The van der Waals surface area contributed by atoms with E-state index in [4.69, 9.17) is 4.74 Å². The normalized spacial score (nSPS) is 16.8. The van der Waals surface area contributed by atoms with Gasteiger partial charge in [-0.25, -0.2) is 0 Å². The molecule has 1 N–H and O–H groups in total. The molecule has 2 rings (SSSR count). The summed E-state index contributed by atoms with van der Waals surface area (Å²) in [6, 6.07) is 5.55. The molecule has 1 aliphatic heterocycles. The summed E-state index contributed by atoms with van der Waals surface area (Å²) in [7, 11) is 0. The van der Waals surface area contributed by atoms with Crippen LogP contribution in [0.25, 0.3) is 0 Å². The number of ether oxygens (including phenoxy) is 1. The SMILES string of the molecule is Cc1cc(NC2CCOCC2)ccc1[N+](=O)[O-]. The van der Waals surface area contributed by atoms with Crippen LogP contribution in [-0.2, 0) is 4.74 Å². The van der Waals surface area contributed by atoms with Crippen molar-refractivity contribution in [2.24, 2.45) is 0 Å². The minimum atomic E-state index is -0.354. The van der Waals surface area contributed by atoms with Crippen LogP contribution in [0.4, 0.5) is 11.4 Å². The second-order valence-corrected chi connectivity index (χ2v) is 4.29. The van der Waals surface area contributed by atoms with E-state index in [1.54, 1.807) is 19.1 Å². The van der Waals surface area contributed by atoms with Gasteiger partial charge in [0.1, 0.15) is 0 Å². The Morgan fingerprint density at radius 3 is 2.71 bits per heavy atom. The van der Waals surface area contributed by atoms with Crippen molar-refractivity contribution >= 4 is 11.4 Å². The Balaban J connectivity index is 2.06. The van der Waals surface area contributed by atoms with Gasteiger partial charge in [0.15, 0.2) is 0 Å². The molecule has 5 heteroatoms. The maximum absolute atomic E-state index is 10.7. The molecule has 0 amide bonds. The van der Waals surface area contributed by atoms with Gasteiger partial charge in [-0.3, -0.25) is 10.1 Å². The topological polar surface area (TPSA) is 64.4 Å². The van der Waals surface area contributed by atoms with Gasteiger partial charge in [-0.1, -0.05) is 0 Å². The molecular weight excluding hydrogens is 220 g/mol. The van der Waals surface area contributed by atoms with E-state index in [0.29, 0.717) is 11.6 Å². The number of nitro groups is 1. The summed E-state index contributed by atoms with van der Waals surface area (Å²) in [5.41, 5.74) is 1.80. The summed E-state index contributed by atoms with van der Waals surface area (Å²) in [5, 5.41) is 14.1. The van der Waals surface area contributed by atoms with Crippen LogP contribution < -0.4 is 5.32 Å². The van der Waals surface area contributed by atoms with Crippen molar-refractivity contribution < 1.29 is 9.66 Å². The van der Waals surface area contributed by atoms with Gasteiger partial charge in [0.25, 0.3) is 5.69 Å². The van der Waals surface area contributed by atoms with Gasteiger partial charge >= 0.3 is 0 Å². The fraction of sp³-hybridized carbons (Fsp3) is 0.500. The predicted octanol–water partition coefficient (Wildman–Crippen LogP) is 2.49. The van der Waals surface area contributed by atoms with Crippen molar-refractivity contribution in [1.82, 2.24) is 0 Å². The fourth-order valence-electron chi connectivity index (χ4n) is 2.03. The minimum Gasteiger partial charge on any atom is -0.382 e. The second-order valence-electron chi connectivity index (χ2n) is 4.29. The number of rotatable bonds is 3. The number of nitro benzene ring substituents is 1. The average Bonchev–Trinajstić information content (AvgIpc) is 2.30. The van der Waals surface area contributed by atoms with E-state index in [9.17, 15) is 10.1 Å². The third-order valence-electron chi connectivity index (χ3n) is 2.99. The number of anilines is 1. The highest BCUT2D eigenvalue weighted by molar-refractivity contribution is 5.54. The third-order valence-corrected chi connectivity index (χ3v) is 2.99. The number of hydrogen-bond donors (Lipinski definition) is 1. The Morgan fingerprint density at radius 1 is 1.41 bits per heavy atom. The first kappa shape index (κ1) is 11.9. The second kappa shape index (κ2) is 5.14. The summed E-state index contributed by atoms with van der Waals surface area (Å²) in [6.07, 6.45) is 1.96. The van der Waals surface area contributed by atoms with E-state index >= 15 is 0 Å². The van der Waals surface area contributed by atoms with E-state index in [0.717, 1.165) is 31.7 Å². The largest absolute Gasteiger partial charge is 0.382 e. The summed E-state index contributed by atoms with van der Waals surface area (Å²) in [6.45, 7) is 3.32. The van der Waals surface area contributed by atoms with Crippen molar-refractivity contribution in [3.63, 3.8) is 0 Å². The maximum atomic E-state index is 10.7. The first-order valence-electron chi connectivity index (χ1n) is 5.76. The van der Waals surface area contributed by atoms with Crippen LogP contribution in [-0.4, -0.2) is 24.2 Å². The van der Waals surface area contributed by atoms with Gasteiger partial charge in [-0.2, -0.15) is 0 Å². The highest BCUT2D eigenvalue weighted by Crippen LogP contribution is 2.23. The van der Waals surface area contributed by atoms with E-state index in [1.165, 1.54) is 0 Å². The molecule has 0 unspecified atom stereocenters. The lowest BCUT2D eigenvalue weighted by Gasteiger charge is -2.24. The standard InChI is InChI=1S/C12H16N2O3/c1-9-8-11(2-3-12(9)14(15)16)13-10-4-6-17-7-5-10/h2-3,8,10,13H,4-7H2,1H3. The highest BCUT2D eigenvalue weighted by atomic mass is 16.6. The van der Waals surface area contributed by atoms with Gasteiger partial charge in [0, 0.05) is 36.6 Å². The molecule has 0 radical (unpaired) electrons. The molecule has 1 aromatic rings. The maximum Gasteiger partial charge on any atom is 0.272 e. The molecule has 1 aromatic carbocycles. The first-order valence-corrected chi connectivity index (χ1v) is 5.76. The summed E-state index contributed by atoms with van der Waals surface area (Å²) in [5.74, 6) is 0. The minimum absolute atomic E-state index is 0.169. The molecule has 0 bridgehead atoms. The average molecular weight is 236 g/mol. The summed E-state index contributed by atoms with van der Waals surface area (Å²) >= 11 is 0. The van der Waals surface area contributed by atoms with Crippen molar-refractivity contribution in [3.8, 4) is 0 Å². The van der Waals surface area contributed by atoms with Crippen LogP contribution >= 0.6 is 0 Å². The van der Waals surface area contributed by atoms with Crippen LogP contribution in [0.15, 0.2) is 18.2 Å².